The van der Waals surface area contributed by atoms with Gasteiger partial charge in [0.25, 0.3) is 0 Å². The van der Waals surface area contributed by atoms with E-state index in [1.807, 2.05) is 39.0 Å². The van der Waals surface area contributed by atoms with E-state index in [0.29, 0.717) is 12.1 Å². The molecule has 0 saturated carbocycles. The second kappa shape index (κ2) is 7.67. The smallest absolute Gasteiger partial charge is 0.411 e. The Balaban J connectivity index is 2.38. The van der Waals surface area contributed by atoms with E-state index in [1.165, 1.54) is 11.1 Å². The SMILES string of the molecule is C=C(CCC=C(C)c1ccccc1)NC(=O)OC(C)(C)C. The van der Waals surface area contributed by atoms with Crippen molar-refractivity contribution in [1.29, 1.82) is 0 Å². The molecule has 3 nitrogen and oxygen atoms in total. The van der Waals surface area contributed by atoms with Crippen molar-refractivity contribution in [2.75, 3.05) is 0 Å². The lowest BCUT2D eigenvalue weighted by molar-refractivity contribution is 0.0544. The molecule has 1 aromatic rings. The number of hydrogen-bond acceptors (Lipinski definition) is 2. The number of benzene rings is 1. The Kier molecular flexibility index (Phi) is 6.22. The van der Waals surface area contributed by atoms with Crippen LogP contribution in [0.15, 0.2) is 48.7 Å². The Labute approximate surface area is 127 Å². The third kappa shape index (κ3) is 7.35. The van der Waals surface area contributed by atoms with Crippen LogP contribution in [0.3, 0.4) is 0 Å². The summed E-state index contributed by atoms with van der Waals surface area (Å²) in [6.45, 7) is 11.4. The van der Waals surface area contributed by atoms with Crippen LogP contribution in [0.25, 0.3) is 5.57 Å². The molecular formula is C18H25NO2. The number of alkyl carbamates (subject to hydrolysis) is 1. The van der Waals surface area contributed by atoms with Gasteiger partial charge in [-0.3, -0.25) is 5.32 Å². The highest BCUT2D eigenvalue weighted by Crippen LogP contribution is 2.15. The minimum atomic E-state index is -0.492. The second-order valence-corrected chi connectivity index (χ2v) is 6.02. The lowest BCUT2D eigenvalue weighted by atomic mass is 10.1. The van der Waals surface area contributed by atoms with Crippen molar-refractivity contribution in [2.45, 2.75) is 46.1 Å². The highest BCUT2D eigenvalue weighted by atomic mass is 16.6. The van der Waals surface area contributed by atoms with Crippen LogP contribution in [0.5, 0.6) is 0 Å². The Morgan fingerprint density at radius 1 is 1.29 bits per heavy atom. The van der Waals surface area contributed by atoms with Crippen molar-refractivity contribution < 1.29 is 9.53 Å². The molecule has 0 aliphatic carbocycles. The summed E-state index contributed by atoms with van der Waals surface area (Å²) in [6, 6.07) is 10.2. The maximum Gasteiger partial charge on any atom is 0.411 e. The highest BCUT2D eigenvalue weighted by molar-refractivity contribution is 5.69. The number of carbonyl (C=O) groups excluding carboxylic acids is 1. The summed E-state index contributed by atoms with van der Waals surface area (Å²) in [5, 5.41) is 2.67. The predicted octanol–water partition coefficient (Wildman–Crippen LogP) is 4.91. The summed E-state index contributed by atoms with van der Waals surface area (Å²) < 4.78 is 5.18. The summed E-state index contributed by atoms with van der Waals surface area (Å²) in [5.74, 6) is 0. The van der Waals surface area contributed by atoms with Crippen molar-refractivity contribution >= 4 is 11.7 Å². The Morgan fingerprint density at radius 2 is 1.90 bits per heavy atom. The van der Waals surface area contributed by atoms with Crippen molar-refractivity contribution in [3.63, 3.8) is 0 Å². The summed E-state index contributed by atoms with van der Waals surface area (Å²) in [7, 11) is 0. The zero-order valence-corrected chi connectivity index (χ0v) is 13.4. The summed E-state index contributed by atoms with van der Waals surface area (Å²) in [5.41, 5.74) is 2.61. The van der Waals surface area contributed by atoms with Crippen molar-refractivity contribution in [3.05, 3.63) is 54.2 Å². The molecular weight excluding hydrogens is 262 g/mol. The molecule has 1 amide bonds. The van der Waals surface area contributed by atoms with Crippen LogP contribution in [0.1, 0.15) is 46.1 Å². The lowest BCUT2D eigenvalue weighted by Gasteiger charge is -2.20. The van der Waals surface area contributed by atoms with Gasteiger partial charge in [-0.25, -0.2) is 4.79 Å². The number of allylic oxidation sites excluding steroid dienone is 3. The van der Waals surface area contributed by atoms with Gasteiger partial charge in [-0.2, -0.15) is 0 Å². The van der Waals surface area contributed by atoms with E-state index in [1.54, 1.807) is 0 Å². The largest absolute Gasteiger partial charge is 0.444 e. The molecule has 0 bridgehead atoms. The summed E-state index contributed by atoms with van der Waals surface area (Å²) >= 11 is 0. The van der Waals surface area contributed by atoms with Crippen LogP contribution in [0.2, 0.25) is 0 Å². The van der Waals surface area contributed by atoms with E-state index in [9.17, 15) is 4.79 Å². The van der Waals surface area contributed by atoms with Gasteiger partial charge in [0, 0.05) is 5.70 Å². The fraction of sp³-hybridized carbons (Fsp3) is 0.389. The average molecular weight is 287 g/mol. The minimum Gasteiger partial charge on any atom is -0.444 e. The third-order valence-corrected chi connectivity index (χ3v) is 2.80. The van der Waals surface area contributed by atoms with Crippen molar-refractivity contribution in [3.8, 4) is 0 Å². The summed E-state index contributed by atoms with van der Waals surface area (Å²) in [4.78, 5) is 11.6. The van der Waals surface area contributed by atoms with Crippen molar-refractivity contribution in [2.24, 2.45) is 0 Å². The van der Waals surface area contributed by atoms with Gasteiger partial charge in [-0.15, -0.1) is 0 Å². The van der Waals surface area contributed by atoms with Crippen molar-refractivity contribution in [1.82, 2.24) is 5.32 Å². The first-order valence-corrected chi connectivity index (χ1v) is 7.18. The standard InChI is InChI=1S/C18H25NO2/c1-14(16-12-7-6-8-13-16)10-9-11-15(2)19-17(20)21-18(3,4)5/h6-8,10,12-13H,2,9,11H2,1,3-5H3,(H,19,20). The number of rotatable bonds is 5. The van der Waals surface area contributed by atoms with Gasteiger partial charge in [0.1, 0.15) is 5.60 Å². The lowest BCUT2D eigenvalue weighted by Crippen LogP contribution is -2.31. The van der Waals surface area contributed by atoms with Crippen LogP contribution in [0, 0.1) is 0 Å². The number of nitrogens with one attached hydrogen (secondary N) is 1. The maximum atomic E-state index is 11.6. The van der Waals surface area contributed by atoms with Crippen LogP contribution in [-0.4, -0.2) is 11.7 Å². The molecule has 0 radical (unpaired) electrons. The molecule has 0 heterocycles. The first-order chi connectivity index (χ1) is 9.78. The molecule has 0 spiro atoms. The molecule has 0 fully saturated rings. The molecule has 1 aromatic carbocycles. The molecule has 0 saturated heterocycles. The molecule has 0 aliphatic heterocycles. The van der Waals surface area contributed by atoms with Crippen LogP contribution in [0.4, 0.5) is 4.79 Å². The number of amides is 1. The van der Waals surface area contributed by atoms with Gasteiger partial charge in [0.15, 0.2) is 0 Å². The first kappa shape index (κ1) is 17.0. The number of hydrogen-bond donors (Lipinski definition) is 1. The van der Waals surface area contributed by atoms with E-state index >= 15 is 0 Å². The van der Waals surface area contributed by atoms with Gasteiger partial charge in [0.2, 0.25) is 0 Å². The maximum absolute atomic E-state index is 11.6. The molecule has 21 heavy (non-hydrogen) atoms. The Hall–Kier alpha value is -2.03. The molecule has 3 heteroatoms. The van der Waals surface area contributed by atoms with E-state index in [2.05, 4.69) is 37.0 Å². The summed E-state index contributed by atoms with van der Waals surface area (Å²) in [6.07, 6.45) is 3.23. The fourth-order valence-corrected chi connectivity index (χ4v) is 1.79. The molecule has 0 atom stereocenters. The topological polar surface area (TPSA) is 38.3 Å². The third-order valence-electron chi connectivity index (χ3n) is 2.80. The normalized spacial score (nSPS) is 11.9. The number of ether oxygens (including phenoxy) is 1. The molecule has 0 aromatic heterocycles. The minimum absolute atomic E-state index is 0.448. The molecule has 0 aliphatic rings. The Morgan fingerprint density at radius 3 is 2.48 bits per heavy atom. The molecule has 114 valence electrons. The van der Waals surface area contributed by atoms with Gasteiger partial charge < -0.3 is 4.74 Å². The second-order valence-electron chi connectivity index (χ2n) is 6.02. The first-order valence-electron chi connectivity index (χ1n) is 7.18. The zero-order valence-electron chi connectivity index (χ0n) is 13.4. The van der Waals surface area contributed by atoms with Gasteiger partial charge >= 0.3 is 6.09 Å². The predicted molar refractivity (Wildman–Crippen MR) is 87.8 cm³/mol. The zero-order chi connectivity index (χ0) is 15.9. The van der Waals surface area contributed by atoms with E-state index < -0.39 is 11.7 Å². The molecule has 1 N–H and O–H groups in total. The van der Waals surface area contributed by atoms with E-state index in [0.717, 1.165) is 6.42 Å². The average Bonchev–Trinajstić information content (AvgIpc) is 2.37. The van der Waals surface area contributed by atoms with Crippen LogP contribution < -0.4 is 5.32 Å². The fourth-order valence-electron chi connectivity index (χ4n) is 1.79. The van der Waals surface area contributed by atoms with Crippen LogP contribution >= 0.6 is 0 Å². The Bertz CT molecular complexity index is 510. The highest BCUT2D eigenvalue weighted by Gasteiger charge is 2.16. The van der Waals surface area contributed by atoms with Gasteiger partial charge in [-0.05, 0) is 51.7 Å². The molecule has 0 unspecified atom stereocenters. The monoisotopic (exact) mass is 287 g/mol. The van der Waals surface area contributed by atoms with Gasteiger partial charge in [-0.1, -0.05) is 43.0 Å². The molecule has 1 rings (SSSR count). The quantitative estimate of drug-likeness (QED) is 0.835. The van der Waals surface area contributed by atoms with E-state index in [4.69, 9.17) is 4.74 Å². The van der Waals surface area contributed by atoms with E-state index in [-0.39, 0.29) is 0 Å². The van der Waals surface area contributed by atoms with Crippen LogP contribution in [-0.2, 0) is 4.74 Å². The number of carbonyl (C=O) groups is 1. The van der Waals surface area contributed by atoms with Gasteiger partial charge in [0.05, 0.1) is 0 Å².